The molecule has 2 unspecified atom stereocenters. The summed E-state index contributed by atoms with van der Waals surface area (Å²) in [5.41, 5.74) is 0. The third-order valence-electron chi connectivity index (χ3n) is 2.88. The summed E-state index contributed by atoms with van der Waals surface area (Å²) in [4.78, 5) is 0. The molecule has 1 rings (SSSR count). The first-order chi connectivity index (χ1) is 7.77. The highest BCUT2D eigenvalue weighted by molar-refractivity contribution is 7.95. The molecule has 8 heteroatoms. The Bertz CT molecular complexity index is 442. The summed E-state index contributed by atoms with van der Waals surface area (Å²) in [5.74, 6) is -0.352. The topological polar surface area (TPSA) is 101 Å². The zero-order valence-corrected chi connectivity index (χ0v) is 11.4. The standard InChI is InChI=1S/C9H19NO5S2/c1-2-8(11)3-5-10-17(14,15)9-4-6-16(12,13)7-9/h8-11H,2-7H2,1H3. The van der Waals surface area contributed by atoms with Crippen LogP contribution in [0.15, 0.2) is 0 Å². The molecule has 1 fully saturated rings. The van der Waals surface area contributed by atoms with Crippen LogP contribution in [0, 0.1) is 0 Å². The Kier molecular flexibility index (Phi) is 4.94. The molecule has 17 heavy (non-hydrogen) atoms. The minimum atomic E-state index is -3.58. The van der Waals surface area contributed by atoms with Crippen LogP contribution in [0.5, 0.6) is 0 Å². The number of hydrogen-bond acceptors (Lipinski definition) is 5. The van der Waals surface area contributed by atoms with Crippen molar-refractivity contribution in [2.75, 3.05) is 18.1 Å². The van der Waals surface area contributed by atoms with E-state index in [1.807, 2.05) is 6.92 Å². The smallest absolute Gasteiger partial charge is 0.215 e. The van der Waals surface area contributed by atoms with E-state index >= 15 is 0 Å². The molecule has 0 amide bonds. The first kappa shape index (κ1) is 14.9. The van der Waals surface area contributed by atoms with Crippen LogP contribution in [-0.4, -0.2) is 51.3 Å². The molecule has 1 saturated heterocycles. The van der Waals surface area contributed by atoms with E-state index in [0.29, 0.717) is 12.8 Å². The van der Waals surface area contributed by atoms with Gasteiger partial charge in [0, 0.05) is 6.54 Å². The Morgan fingerprint density at radius 1 is 1.47 bits per heavy atom. The average molecular weight is 285 g/mol. The summed E-state index contributed by atoms with van der Waals surface area (Å²) in [5, 5.41) is 8.43. The number of sulfonamides is 1. The van der Waals surface area contributed by atoms with Gasteiger partial charge < -0.3 is 5.11 Å². The van der Waals surface area contributed by atoms with Crippen molar-refractivity contribution >= 4 is 19.9 Å². The summed E-state index contributed by atoms with van der Waals surface area (Å²) in [6.07, 6.45) is 0.549. The van der Waals surface area contributed by atoms with Crippen LogP contribution in [0.3, 0.4) is 0 Å². The fourth-order valence-electron chi connectivity index (χ4n) is 1.70. The maximum absolute atomic E-state index is 11.7. The van der Waals surface area contributed by atoms with Gasteiger partial charge >= 0.3 is 0 Å². The molecule has 0 aromatic rings. The molecule has 0 aromatic carbocycles. The number of aliphatic hydroxyl groups excluding tert-OH is 1. The van der Waals surface area contributed by atoms with E-state index in [4.69, 9.17) is 0 Å². The number of rotatable bonds is 6. The molecule has 102 valence electrons. The van der Waals surface area contributed by atoms with Crippen molar-refractivity contribution in [2.45, 2.75) is 37.5 Å². The second-order valence-electron chi connectivity index (χ2n) is 4.32. The summed E-state index contributed by atoms with van der Waals surface area (Å²) in [6.45, 7) is 1.95. The lowest BCUT2D eigenvalue weighted by atomic mass is 10.2. The van der Waals surface area contributed by atoms with Crippen LogP contribution in [0.2, 0.25) is 0 Å². The van der Waals surface area contributed by atoms with E-state index in [9.17, 15) is 21.9 Å². The normalized spacial score (nSPS) is 25.9. The molecule has 0 spiro atoms. The van der Waals surface area contributed by atoms with Crippen molar-refractivity contribution in [3.05, 3.63) is 0 Å². The summed E-state index contributed by atoms with van der Waals surface area (Å²) >= 11 is 0. The summed E-state index contributed by atoms with van der Waals surface area (Å²) in [7, 11) is -6.77. The van der Waals surface area contributed by atoms with Gasteiger partial charge in [0.2, 0.25) is 10.0 Å². The van der Waals surface area contributed by atoms with E-state index in [-0.39, 0.29) is 24.5 Å². The third kappa shape index (κ3) is 4.53. The number of hydrogen-bond donors (Lipinski definition) is 2. The first-order valence-corrected chi connectivity index (χ1v) is 9.00. The maximum atomic E-state index is 11.7. The van der Waals surface area contributed by atoms with E-state index in [0.717, 1.165) is 0 Å². The van der Waals surface area contributed by atoms with Crippen molar-refractivity contribution in [3.8, 4) is 0 Å². The highest BCUT2D eigenvalue weighted by atomic mass is 32.2. The predicted octanol–water partition coefficient (Wildman–Crippen LogP) is -0.746. The average Bonchev–Trinajstić information content (AvgIpc) is 2.59. The highest BCUT2D eigenvalue weighted by Gasteiger charge is 2.36. The van der Waals surface area contributed by atoms with Gasteiger partial charge in [-0.15, -0.1) is 0 Å². The van der Waals surface area contributed by atoms with Gasteiger partial charge in [0.05, 0.1) is 22.9 Å². The largest absolute Gasteiger partial charge is 0.393 e. The molecule has 2 N–H and O–H groups in total. The van der Waals surface area contributed by atoms with Crippen LogP contribution in [0.1, 0.15) is 26.2 Å². The molecule has 1 heterocycles. The van der Waals surface area contributed by atoms with Crippen molar-refractivity contribution in [2.24, 2.45) is 0 Å². The fraction of sp³-hybridized carbons (Fsp3) is 1.00. The molecule has 0 saturated carbocycles. The van der Waals surface area contributed by atoms with Gasteiger partial charge in [0.1, 0.15) is 0 Å². The van der Waals surface area contributed by atoms with Crippen LogP contribution >= 0.6 is 0 Å². The molecule has 0 aromatic heterocycles. The Hall–Kier alpha value is -0.180. The van der Waals surface area contributed by atoms with Gasteiger partial charge in [-0.05, 0) is 19.3 Å². The first-order valence-electron chi connectivity index (χ1n) is 5.64. The minimum Gasteiger partial charge on any atom is -0.393 e. The van der Waals surface area contributed by atoms with Crippen LogP contribution in [0.4, 0.5) is 0 Å². The van der Waals surface area contributed by atoms with E-state index in [1.165, 1.54) is 0 Å². The van der Waals surface area contributed by atoms with Crippen molar-refractivity contribution in [1.82, 2.24) is 4.72 Å². The number of sulfone groups is 1. The van der Waals surface area contributed by atoms with Gasteiger partial charge in [-0.25, -0.2) is 21.6 Å². The predicted molar refractivity (Wildman–Crippen MR) is 64.9 cm³/mol. The van der Waals surface area contributed by atoms with Gasteiger partial charge in [0.25, 0.3) is 0 Å². The Labute approximate surface area is 102 Å². The molecule has 1 aliphatic rings. The van der Waals surface area contributed by atoms with Gasteiger partial charge in [0.15, 0.2) is 9.84 Å². The lowest BCUT2D eigenvalue weighted by molar-refractivity contribution is 0.162. The number of nitrogens with one attached hydrogen (secondary N) is 1. The Morgan fingerprint density at radius 2 is 2.12 bits per heavy atom. The summed E-state index contributed by atoms with van der Waals surface area (Å²) in [6, 6.07) is 0. The number of aliphatic hydroxyl groups is 1. The Morgan fingerprint density at radius 3 is 2.59 bits per heavy atom. The molecular weight excluding hydrogens is 266 g/mol. The summed E-state index contributed by atoms with van der Waals surface area (Å²) < 4.78 is 48.2. The molecule has 1 aliphatic heterocycles. The fourth-order valence-corrected chi connectivity index (χ4v) is 5.79. The van der Waals surface area contributed by atoms with Crippen LogP contribution in [0.25, 0.3) is 0 Å². The zero-order chi connectivity index (χ0) is 13.1. The quantitative estimate of drug-likeness (QED) is 0.669. The van der Waals surface area contributed by atoms with Crippen LogP contribution in [-0.2, 0) is 19.9 Å². The molecule has 6 nitrogen and oxygen atoms in total. The third-order valence-corrected chi connectivity index (χ3v) is 6.75. The van der Waals surface area contributed by atoms with Gasteiger partial charge in [-0.3, -0.25) is 0 Å². The zero-order valence-electron chi connectivity index (χ0n) is 9.79. The SMILES string of the molecule is CCC(O)CCNS(=O)(=O)C1CCS(=O)(=O)C1. The second-order valence-corrected chi connectivity index (χ2v) is 8.59. The Balaban J connectivity index is 2.47. The van der Waals surface area contributed by atoms with Gasteiger partial charge in [-0.2, -0.15) is 0 Å². The molecule has 0 bridgehead atoms. The van der Waals surface area contributed by atoms with E-state index in [2.05, 4.69) is 4.72 Å². The maximum Gasteiger partial charge on any atom is 0.215 e. The molecular formula is C9H19NO5S2. The molecule has 0 radical (unpaired) electrons. The monoisotopic (exact) mass is 285 g/mol. The minimum absolute atomic E-state index is 0.0594. The van der Waals surface area contributed by atoms with Crippen LogP contribution < -0.4 is 4.72 Å². The van der Waals surface area contributed by atoms with Crippen molar-refractivity contribution in [3.63, 3.8) is 0 Å². The lowest BCUT2D eigenvalue weighted by Crippen LogP contribution is -2.36. The molecule has 2 atom stereocenters. The van der Waals surface area contributed by atoms with Crippen molar-refractivity contribution in [1.29, 1.82) is 0 Å². The van der Waals surface area contributed by atoms with Crippen molar-refractivity contribution < 1.29 is 21.9 Å². The highest BCUT2D eigenvalue weighted by Crippen LogP contribution is 2.18. The lowest BCUT2D eigenvalue weighted by Gasteiger charge is -2.12. The van der Waals surface area contributed by atoms with Gasteiger partial charge in [-0.1, -0.05) is 6.92 Å². The second kappa shape index (κ2) is 5.64. The molecule has 0 aliphatic carbocycles. The van der Waals surface area contributed by atoms with E-state index in [1.54, 1.807) is 0 Å². The van der Waals surface area contributed by atoms with E-state index < -0.39 is 31.2 Å².